The topological polar surface area (TPSA) is 21.3 Å². The Bertz CT molecular complexity index is 559. The number of benzene rings is 2. The van der Waals surface area contributed by atoms with E-state index in [-0.39, 0.29) is 0 Å². The molecule has 0 bridgehead atoms. The Morgan fingerprint density at radius 2 is 1.48 bits per heavy atom. The Morgan fingerprint density at radius 1 is 0.905 bits per heavy atom. The SMILES string of the molecule is Brc1ccc(Oc2ccc(CC3CCNCC3)cc2)cc1. The summed E-state index contributed by atoms with van der Waals surface area (Å²) in [5.74, 6) is 2.58. The van der Waals surface area contributed by atoms with Gasteiger partial charge in [0, 0.05) is 4.47 Å². The highest BCUT2D eigenvalue weighted by Gasteiger charge is 2.13. The van der Waals surface area contributed by atoms with Crippen LogP contribution >= 0.6 is 15.9 Å². The molecule has 2 aromatic carbocycles. The third-order valence-electron chi connectivity index (χ3n) is 3.96. The van der Waals surface area contributed by atoms with Crippen molar-refractivity contribution >= 4 is 15.9 Å². The van der Waals surface area contributed by atoms with Gasteiger partial charge in [0.1, 0.15) is 11.5 Å². The normalized spacial score (nSPS) is 15.9. The van der Waals surface area contributed by atoms with Crippen LogP contribution in [0.25, 0.3) is 0 Å². The fourth-order valence-electron chi connectivity index (χ4n) is 2.75. The standard InChI is InChI=1S/C18H20BrNO/c19-16-3-7-18(8-4-16)21-17-5-1-14(2-6-17)13-15-9-11-20-12-10-15/h1-8,15,20H,9-13H2. The summed E-state index contributed by atoms with van der Waals surface area (Å²) in [7, 11) is 0. The van der Waals surface area contributed by atoms with Gasteiger partial charge in [0.15, 0.2) is 0 Å². The monoisotopic (exact) mass is 345 g/mol. The lowest BCUT2D eigenvalue weighted by atomic mass is 9.91. The molecule has 0 amide bonds. The van der Waals surface area contributed by atoms with Crippen LogP contribution in [-0.4, -0.2) is 13.1 Å². The molecule has 2 aromatic rings. The molecule has 1 N–H and O–H groups in total. The number of ether oxygens (including phenoxy) is 1. The third-order valence-corrected chi connectivity index (χ3v) is 4.48. The first-order valence-corrected chi connectivity index (χ1v) is 8.32. The maximum atomic E-state index is 5.85. The summed E-state index contributed by atoms with van der Waals surface area (Å²) < 4.78 is 6.91. The molecule has 0 aliphatic carbocycles. The van der Waals surface area contributed by atoms with Gasteiger partial charge < -0.3 is 10.1 Å². The minimum atomic E-state index is 0.824. The highest BCUT2D eigenvalue weighted by molar-refractivity contribution is 9.10. The van der Waals surface area contributed by atoms with Crippen molar-refractivity contribution in [3.63, 3.8) is 0 Å². The molecule has 3 rings (SSSR count). The molecule has 1 fully saturated rings. The van der Waals surface area contributed by atoms with E-state index in [1.54, 1.807) is 0 Å². The van der Waals surface area contributed by atoms with E-state index < -0.39 is 0 Å². The second-order valence-corrected chi connectivity index (χ2v) is 6.51. The summed E-state index contributed by atoms with van der Waals surface area (Å²) in [6, 6.07) is 16.4. The van der Waals surface area contributed by atoms with Gasteiger partial charge in [-0.1, -0.05) is 28.1 Å². The first kappa shape index (κ1) is 14.6. The van der Waals surface area contributed by atoms with Crippen LogP contribution in [0, 0.1) is 5.92 Å². The average Bonchev–Trinajstić information content (AvgIpc) is 2.53. The van der Waals surface area contributed by atoms with Gasteiger partial charge in [-0.25, -0.2) is 0 Å². The van der Waals surface area contributed by atoms with Crippen molar-refractivity contribution < 1.29 is 4.74 Å². The number of hydrogen-bond donors (Lipinski definition) is 1. The van der Waals surface area contributed by atoms with Crippen molar-refractivity contribution in [3.05, 3.63) is 58.6 Å². The Hall–Kier alpha value is -1.32. The average molecular weight is 346 g/mol. The summed E-state index contributed by atoms with van der Waals surface area (Å²) in [6.07, 6.45) is 3.76. The molecule has 1 aliphatic rings. The minimum Gasteiger partial charge on any atom is -0.457 e. The number of nitrogens with one attached hydrogen (secondary N) is 1. The predicted molar refractivity (Wildman–Crippen MR) is 90.0 cm³/mol. The van der Waals surface area contributed by atoms with Crippen LogP contribution in [0.1, 0.15) is 18.4 Å². The quantitative estimate of drug-likeness (QED) is 0.860. The first-order chi connectivity index (χ1) is 10.3. The maximum absolute atomic E-state index is 5.85. The van der Waals surface area contributed by atoms with E-state index in [4.69, 9.17) is 4.74 Å². The summed E-state index contributed by atoms with van der Waals surface area (Å²) >= 11 is 3.43. The molecule has 21 heavy (non-hydrogen) atoms. The van der Waals surface area contributed by atoms with Gasteiger partial charge in [0.25, 0.3) is 0 Å². The highest BCUT2D eigenvalue weighted by atomic mass is 79.9. The smallest absolute Gasteiger partial charge is 0.127 e. The molecule has 0 aromatic heterocycles. The first-order valence-electron chi connectivity index (χ1n) is 7.53. The van der Waals surface area contributed by atoms with E-state index >= 15 is 0 Å². The van der Waals surface area contributed by atoms with E-state index in [1.807, 2.05) is 24.3 Å². The lowest BCUT2D eigenvalue weighted by molar-refractivity contribution is 0.372. The van der Waals surface area contributed by atoms with Crippen LogP contribution in [0.5, 0.6) is 11.5 Å². The van der Waals surface area contributed by atoms with E-state index in [9.17, 15) is 0 Å². The van der Waals surface area contributed by atoms with Gasteiger partial charge in [-0.15, -0.1) is 0 Å². The molecule has 0 unspecified atom stereocenters. The molecule has 3 heteroatoms. The van der Waals surface area contributed by atoms with Crippen molar-refractivity contribution in [2.45, 2.75) is 19.3 Å². The molecule has 110 valence electrons. The second kappa shape index (κ2) is 7.10. The Morgan fingerprint density at radius 3 is 2.10 bits per heavy atom. The summed E-state index contributed by atoms with van der Waals surface area (Å²) in [5.41, 5.74) is 1.41. The zero-order chi connectivity index (χ0) is 14.5. The second-order valence-electron chi connectivity index (χ2n) is 5.60. The molecule has 1 aliphatic heterocycles. The van der Waals surface area contributed by atoms with Crippen molar-refractivity contribution in [1.82, 2.24) is 5.32 Å². The van der Waals surface area contributed by atoms with Gasteiger partial charge in [-0.2, -0.15) is 0 Å². The van der Waals surface area contributed by atoms with Crippen LogP contribution in [0.3, 0.4) is 0 Å². The Kier molecular flexibility index (Phi) is 4.94. The lowest BCUT2D eigenvalue weighted by Gasteiger charge is -2.22. The molecular formula is C18H20BrNO. The van der Waals surface area contributed by atoms with Crippen LogP contribution in [0.2, 0.25) is 0 Å². The van der Waals surface area contributed by atoms with E-state index in [2.05, 4.69) is 45.5 Å². The van der Waals surface area contributed by atoms with Crippen LogP contribution in [0.15, 0.2) is 53.0 Å². The highest BCUT2D eigenvalue weighted by Crippen LogP contribution is 2.25. The molecule has 1 saturated heterocycles. The van der Waals surface area contributed by atoms with Crippen molar-refractivity contribution in [2.24, 2.45) is 5.92 Å². The largest absolute Gasteiger partial charge is 0.457 e. The summed E-state index contributed by atoms with van der Waals surface area (Å²) in [5, 5.41) is 3.42. The van der Waals surface area contributed by atoms with Gasteiger partial charge in [0.05, 0.1) is 0 Å². The molecule has 0 spiro atoms. The summed E-state index contributed by atoms with van der Waals surface area (Å²) in [4.78, 5) is 0. The van der Waals surface area contributed by atoms with Crippen LogP contribution < -0.4 is 10.1 Å². The molecule has 1 heterocycles. The van der Waals surface area contributed by atoms with Crippen molar-refractivity contribution in [1.29, 1.82) is 0 Å². The molecule has 2 nitrogen and oxygen atoms in total. The zero-order valence-electron chi connectivity index (χ0n) is 12.0. The molecular weight excluding hydrogens is 326 g/mol. The van der Waals surface area contributed by atoms with Crippen molar-refractivity contribution in [3.8, 4) is 11.5 Å². The van der Waals surface area contributed by atoms with E-state index in [0.29, 0.717) is 0 Å². The molecule has 0 radical (unpaired) electrons. The lowest BCUT2D eigenvalue weighted by Crippen LogP contribution is -2.28. The minimum absolute atomic E-state index is 0.824. The molecule has 0 atom stereocenters. The Balaban J connectivity index is 1.59. The number of rotatable bonds is 4. The van der Waals surface area contributed by atoms with Crippen LogP contribution in [-0.2, 0) is 6.42 Å². The van der Waals surface area contributed by atoms with Gasteiger partial charge in [0.2, 0.25) is 0 Å². The third kappa shape index (κ3) is 4.32. The summed E-state index contributed by atoms with van der Waals surface area (Å²) in [6.45, 7) is 2.32. The Labute approximate surface area is 134 Å². The number of halogens is 1. The van der Waals surface area contributed by atoms with Crippen LogP contribution in [0.4, 0.5) is 0 Å². The van der Waals surface area contributed by atoms with Gasteiger partial charge >= 0.3 is 0 Å². The number of hydrogen-bond acceptors (Lipinski definition) is 2. The fourth-order valence-corrected chi connectivity index (χ4v) is 3.02. The van der Waals surface area contributed by atoms with E-state index in [1.165, 1.54) is 24.8 Å². The maximum Gasteiger partial charge on any atom is 0.127 e. The van der Waals surface area contributed by atoms with Gasteiger partial charge in [-0.3, -0.25) is 0 Å². The van der Waals surface area contributed by atoms with E-state index in [0.717, 1.165) is 35.0 Å². The zero-order valence-corrected chi connectivity index (χ0v) is 13.6. The molecule has 0 saturated carbocycles. The predicted octanol–water partition coefficient (Wildman–Crippen LogP) is 4.78. The fraction of sp³-hybridized carbons (Fsp3) is 0.333. The number of piperidine rings is 1. The van der Waals surface area contributed by atoms with Crippen molar-refractivity contribution in [2.75, 3.05) is 13.1 Å². The van der Waals surface area contributed by atoms with Gasteiger partial charge in [-0.05, 0) is 80.2 Å².